The van der Waals surface area contributed by atoms with E-state index in [1.54, 1.807) is 37.3 Å². The third-order valence-corrected chi connectivity index (χ3v) is 5.69. The van der Waals surface area contributed by atoms with Crippen LogP contribution in [0.15, 0.2) is 70.4 Å². The Kier molecular flexibility index (Phi) is 7.83. The Bertz CT molecular complexity index is 1250. The molecule has 2 aromatic carbocycles. The van der Waals surface area contributed by atoms with Gasteiger partial charge in [0.05, 0.1) is 25.0 Å². The summed E-state index contributed by atoms with van der Waals surface area (Å²) in [4.78, 5) is 24.9. The first-order valence-electron chi connectivity index (χ1n) is 10.4. The minimum atomic E-state index is -4.37. The van der Waals surface area contributed by atoms with Gasteiger partial charge in [-0.25, -0.2) is 4.79 Å². The largest absolute Gasteiger partial charge is 0.494 e. The van der Waals surface area contributed by atoms with E-state index in [4.69, 9.17) is 13.7 Å². The number of para-hydroxylation sites is 1. The van der Waals surface area contributed by atoms with Crippen molar-refractivity contribution in [3.63, 3.8) is 0 Å². The third-order valence-electron chi connectivity index (χ3n) is 4.44. The molecule has 0 spiro atoms. The molecule has 0 fully saturated rings. The fourth-order valence-electron chi connectivity index (χ4n) is 2.80. The molecule has 9 nitrogen and oxygen atoms in total. The van der Waals surface area contributed by atoms with E-state index in [0.717, 1.165) is 23.6 Å². The van der Waals surface area contributed by atoms with Crippen LogP contribution in [0.2, 0.25) is 0 Å². The lowest BCUT2D eigenvalue weighted by Crippen LogP contribution is -2.26. The fourth-order valence-corrected chi connectivity index (χ4v) is 3.73. The molecule has 0 saturated heterocycles. The zero-order chi connectivity index (χ0) is 23.8. The zero-order valence-electron chi connectivity index (χ0n) is 18.3. The highest BCUT2D eigenvalue weighted by Gasteiger charge is 2.25. The first-order chi connectivity index (χ1) is 15.9. The van der Waals surface area contributed by atoms with Crippen LogP contribution < -0.4 is 14.5 Å². The summed E-state index contributed by atoms with van der Waals surface area (Å²) in [6.45, 7) is 4.17. The molecular weight excluding hydrogens is 448 g/mol. The summed E-state index contributed by atoms with van der Waals surface area (Å²) in [6, 6.07) is 14.9. The van der Waals surface area contributed by atoms with Gasteiger partial charge in [-0.1, -0.05) is 31.5 Å². The van der Waals surface area contributed by atoms with Gasteiger partial charge in [-0.05, 0) is 49.7 Å². The molecule has 3 aromatic rings. The molecule has 0 saturated carbocycles. The summed E-state index contributed by atoms with van der Waals surface area (Å²) in [6.07, 6.45) is 1.85. The van der Waals surface area contributed by atoms with E-state index in [9.17, 15) is 18.0 Å². The van der Waals surface area contributed by atoms with Crippen LogP contribution in [0.3, 0.4) is 0 Å². The van der Waals surface area contributed by atoms with Crippen molar-refractivity contribution in [1.82, 2.24) is 9.78 Å². The summed E-state index contributed by atoms with van der Waals surface area (Å²) in [5.74, 6) is -0.928. The van der Waals surface area contributed by atoms with Crippen LogP contribution in [0.25, 0.3) is 5.69 Å². The van der Waals surface area contributed by atoms with Crippen LogP contribution in [0.5, 0.6) is 11.5 Å². The number of carbonyl (C=O) groups is 1. The number of carbonyl (C=O) groups excluding carboxylic acids is 1. The van der Waals surface area contributed by atoms with E-state index in [-0.39, 0.29) is 11.5 Å². The van der Waals surface area contributed by atoms with Crippen LogP contribution in [-0.4, -0.2) is 37.4 Å². The topological polar surface area (TPSA) is 114 Å². The Morgan fingerprint density at radius 2 is 1.73 bits per heavy atom. The number of unbranched alkanes of at least 4 members (excludes halogenated alkanes) is 1. The second-order valence-electron chi connectivity index (χ2n) is 6.87. The van der Waals surface area contributed by atoms with Crippen molar-refractivity contribution in [2.75, 3.05) is 13.2 Å². The molecule has 1 aromatic heterocycles. The highest BCUT2D eigenvalue weighted by molar-refractivity contribution is 7.87. The smallest absolute Gasteiger partial charge is 0.362 e. The molecule has 0 amide bonds. The van der Waals surface area contributed by atoms with E-state index in [0.29, 0.717) is 18.0 Å². The van der Waals surface area contributed by atoms with Crippen molar-refractivity contribution < 1.29 is 26.9 Å². The molecule has 0 aliphatic heterocycles. The van der Waals surface area contributed by atoms with E-state index in [2.05, 4.69) is 5.10 Å². The molecule has 0 aliphatic rings. The standard InChI is InChI=1S/C23H24N2O7S/c1-3-5-15-31-18-11-13-19(14-12-18)33(28,29)32-20-16-21(26)25(17-9-7-6-8-10-17)24-22(20)23(27)30-4-2/h6-14,16H,3-5,15H2,1-2H3. The molecule has 0 N–H and O–H groups in total. The SMILES string of the molecule is CCCCOc1ccc(S(=O)(=O)Oc2cc(=O)n(-c3ccccc3)nc2C(=O)OCC)cc1. The Labute approximate surface area is 191 Å². The summed E-state index contributed by atoms with van der Waals surface area (Å²) in [5, 5.41) is 4.01. The molecule has 0 atom stereocenters. The van der Waals surface area contributed by atoms with E-state index in [1.807, 2.05) is 6.92 Å². The van der Waals surface area contributed by atoms with Crippen molar-refractivity contribution >= 4 is 16.1 Å². The Hall–Kier alpha value is -3.66. The Morgan fingerprint density at radius 1 is 1.03 bits per heavy atom. The van der Waals surface area contributed by atoms with Crippen LogP contribution in [0.1, 0.15) is 37.2 Å². The first-order valence-corrected chi connectivity index (χ1v) is 11.8. The third kappa shape index (κ3) is 5.98. The maximum atomic E-state index is 12.8. The van der Waals surface area contributed by atoms with Gasteiger partial charge in [0.15, 0.2) is 5.75 Å². The van der Waals surface area contributed by atoms with Gasteiger partial charge < -0.3 is 13.7 Å². The monoisotopic (exact) mass is 472 g/mol. The molecule has 1 heterocycles. The van der Waals surface area contributed by atoms with Gasteiger partial charge in [0.2, 0.25) is 5.69 Å². The van der Waals surface area contributed by atoms with E-state index >= 15 is 0 Å². The number of benzene rings is 2. The second-order valence-corrected chi connectivity index (χ2v) is 8.42. The highest BCUT2D eigenvalue weighted by Crippen LogP contribution is 2.23. The number of rotatable bonds is 10. The van der Waals surface area contributed by atoms with Gasteiger partial charge in [-0.3, -0.25) is 4.79 Å². The van der Waals surface area contributed by atoms with Gasteiger partial charge in [-0.15, -0.1) is 0 Å². The van der Waals surface area contributed by atoms with Gasteiger partial charge in [0.1, 0.15) is 10.6 Å². The normalized spacial score (nSPS) is 11.1. The molecular formula is C23H24N2O7S. The lowest BCUT2D eigenvalue weighted by Gasteiger charge is -2.13. The van der Waals surface area contributed by atoms with Crippen LogP contribution in [0.4, 0.5) is 0 Å². The maximum Gasteiger partial charge on any atom is 0.362 e. The fraction of sp³-hybridized carbons (Fsp3) is 0.261. The average molecular weight is 473 g/mol. The lowest BCUT2D eigenvalue weighted by atomic mass is 10.3. The lowest BCUT2D eigenvalue weighted by molar-refractivity contribution is 0.0515. The van der Waals surface area contributed by atoms with Crippen molar-refractivity contribution in [3.05, 3.63) is 76.7 Å². The molecule has 3 rings (SSSR count). The van der Waals surface area contributed by atoms with E-state index < -0.39 is 33.1 Å². The van der Waals surface area contributed by atoms with Crippen molar-refractivity contribution in [2.24, 2.45) is 0 Å². The molecule has 0 aliphatic carbocycles. The van der Waals surface area contributed by atoms with Crippen molar-refractivity contribution in [1.29, 1.82) is 0 Å². The molecule has 33 heavy (non-hydrogen) atoms. The number of aromatic nitrogens is 2. The first kappa shape index (κ1) is 24.0. The summed E-state index contributed by atoms with van der Waals surface area (Å²) >= 11 is 0. The number of esters is 1. The van der Waals surface area contributed by atoms with Crippen LogP contribution in [0, 0.1) is 0 Å². The van der Waals surface area contributed by atoms with Gasteiger partial charge >= 0.3 is 16.1 Å². The molecule has 0 unspecified atom stereocenters. The van der Waals surface area contributed by atoms with Crippen LogP contribution >= 0.6 is 0 Å². The Morgan fingerprint density at radius 3 is 2.36 bits per heavy atom. The second kappa shape index (κ2) is 10.8. The predicted octanol–water partition coefficient (Wildman–Crippen LogP) is 3.36. The maximum absolute atomic E-state index is 12.8. The summed E-state index contributed by atoms with van der Waals surface area (Å²) < 4.78 is 42.3. The van der Waals surface area contributed by atoms with Gasteiger partial charge in [-0.2, -0.15) is 18.2 Å². The summed E-state index contributed by atoms with van der Waals surface area (Å²) in [5.41, 5.74) is -0.733. The van der Waals surface area contributed by atoms with Gasteiger partial charge in [0, 0.05) is 0 Å². The highest BCUT2D eigenvalue weighted by atomic mass is 32.2. The molecule has 10 heteroatoms. The molecule has 0 bridgehead atoms. The molecule has 0 radical (unpaired) electrons. The van der Waals surface area contributed by atoms with Crippen molar-refractivity contribution in [3.8, 4) is 17.2 Å². The molecule has 174 valence electrons. The van der Waals surface area contributed by atoms with Gasteiger partial charge in [0.25, 0.3) is 5.56 Å². The number of ether oxygens (including phenoxy) is 2. The Balaban J connectivity index is 1.95. The van der Waals surface area contributed by atoms with E-state index in [1.165, 1.54) is 24.3 Å². The number of nitrogens with zero attached hydrogens (tertiary/aromatic N) is 2. The number of hydrogen-bond acceptors (Lipinski definition) is 8. The summed E-state index contributed by atoms with van der Waals surface area (Å²) in [7, 11) is -4.37. The van der Waals surface area contributed by atoms with Crippen molar-refractivity contribution in [2.45, 2.75) is 31.6 Å². The zero-order valence-corrected chi connectivity index (χ0v) is 19.1. The average Bonchev–Trinajstić information content (AvgIpc) is 2.80. The minimum Gasteiger partial charge on any atom is -0.494 e. The minimum absolute atomic E-state index is 0.0245. The number of hydrogen-bond donors (Lipinski definition) is 0. The quantitative estimate of drug-likeness (QED) is 0.251. The van der Waals surface area contributed by atoms with Crippen LogP contribution in [-0.2, 0) is 14.9 Å². The predicted molar refractivity (Wildman–Crippen MR) is 120 cm³/mol.